The molecule has 3 unspecified atom stereocenters. The van der Waals surface area contributed by atoms with Crippen LogP contribution in [0.25, 0.3) is 0 Å². The van der Waals surface area contributed by atoms with Crippen molar-refractivity contribution < 1.29 is 9.32 Å². The summed E-state index contributed by atoms with van der Waals surface area (Å²) in [5, 5.41) is 7.63. The number of carbonyl (C=O) groups excluding carboxylic acids is 1. The maximum atomic E-state index is 11.5. The Labute approximate surface area is 132 Å². The number of rotatable bonds is 6. The molecule has 1 aromatic rings. The van der Waals surface area contributed by atoms with Crippen LogP contribution in [0, 0.1) is 5.92 Å². The zero-order valence-electron chi connectivity index (χ0n) is 14.1. The molecule has 1 aliphatic rings. The molecule has 2 rings (SSSR count). The van der Waals surface area contributed by atoms with Gasteiger partial charge in [0.2, 0.25) is 11.8 Å². The molecule has 6 nitrogen and oxygen atoms in total. The van der Waals surface area contributed by atoms with E-state index in [4.69, 9.17) is 4.52 Å². The molecule has 1 saturated heterocycles. The van der Waals surface area contributed by atoms with Gasteiger partial charge in [-0.15, -0.1) is 0 Å². The van der Waals surface area contributed by atoms with Gasteiger partial charge in [0.05, 0.1) is 6.04 Å². The minimum atomic E-state index is 0.0426. The number of aromatic nitrogens is 2. The van der Waals surface area contributed by atoms with Crippen molar-refractivity contribution in [1.29, 1.82) is 0 Å². The second-order valence-corrected chi connectivity index (χ2v) is 6.22. The first-order valence-electron chi connectivity index (χ1n) is 8.39. The molecule has 2 heterocycles. The molecule has 1 amide bonds. The molecule has 0 spiro atoms. The number of hydrogen-bond donors (Lipinski definition) is 1. The molecule has 0 radical (unpaired) electrons. The lowest BCUT2D eigenvalue weighted by molar-refractivity contribution is -0.131. The summed E-state index contributed by atoms with van der Waals surface area (Å²) in [4.78, 5) is 17.9. The van der Waals surface area contributed by atoms with Crippen molar-refractivity contribution >= 4 is 5.91 Å². The average Bonchev–Trinajstić information content (AvgIpc) is 2.96. The summed E-state index contributed by atoms with van der Waals surface area (Å²) in [6.07, 6.45) is 3.89. The van der Waals surface area contributed by atoms with Crippen LogP contribution in [0.5, 0.6) is 0 Å². The molecule has 0 saturated carbocycles. The molecular formula is C16H28N4O2. The highest BCUT2D eigenvalue weighted by atomic mass is 16.5. The maximum Gasteiger partial charge on any atom is 0.243 e. The zero-order chi connectivity index (χ0) is 16.1. The van der Waals surface area contributed by atoms with Crippen LogP contribution in [-0.4, -0.2) is 40.1 Å². The Morgan fingerprint density at radius 2 is 2.27 bits per heavy atom. The standard InChI is InChI=1S/C16H28N4O2/c1-5-7-15-18-16(22-19-15)11(3)17-14-8-9-20(12(4)21)10-13(14)6-2/h11,13-14,17H,5-10H2,1-4H3. The van der Waals surface area contributed by atoms with Gasteiger partial charge in [-0.05, 0) is 25.7 Å². The Balaban J connectivity index is 1.94. The highest BCUT2D eigenvalue weighted by molar-refractivity contribution is 5.73. The molecule has 1 N–H and O–H groups in total. The van der Waals surface area contributed by atoms with E-state index in [1.165, 1.54) is 0 Å². The lowest BCUT2D eigenvalue weighted by Crippen LogP contribution is -2.50. The Hall–Kier alpha value is -1.43. The maximum absolute atomic E-state index is 11.5. The van der Waals surface area contributed by atoms with E-state index in [2.05, 4.69) is 36.2 Å². The Kier molecular flexibility index (Phi) is 5.94. The molecule has 6 heteroatoms. The van der Waals surface area contributed by atoms with Crippen LogP contribution in [0.2, 0.25) is 0 Å². The molecule has 22 heavy (non-hydrogen) atoms. The quantitative estimate of drug-likeness (QED) is 0.873. The summed E-state index contributed by atoms with van der Waals surface area (Å²) < 4.78 is 5.36. The van der Waals surface area contributed by atoms with Gasteiger partial charge in [-0.1, -0.05) is 25.4 Å². The van der Waals surface area contributed by atoms with Gasteiger partial charge < -0.3 is 14.7 Å². The van der Waals surface area contributed by atoms with E-state index < -0.39 is 0 Å². The third-order valence-corrected chi connectivity index (χ3v) is 4.50. The molecule has 3 atom stereocenters. The van der Waals surface area contributed by atoms with Crippen LogP contribution in [0.15, 0.2) is 4.52 Å². The number of piperidine rings is 1. The van der Waals surface area contributed by atoms with E-state index in [-0.39, 0.29) is 11.9 Å². The first-order valence-corrected chi connectivity index (χ1v) is 8.39. The molecule has 0 bridgehead atoms. The van der Waals surface area contributed by atoms with Gasteiger partial charge >= 0.3 is 0 Å². The fourth-order valence-corrected chi connectivity index (χ4v) is 3.11. The van der Waals surface area contributed by atoms with E-state index in [0.29, 0.717) is 17.9 Å². The number of nitrogens with one attached hydrogen (secondary N) is 1. The van der Waals surface area contributed by atoms with Crippen molar-refractivity contribution in [3.8, 4) is 0 Å². The smallest absolute Gasteiger partial charge is 0.243 e. The fraction of sp³-hybridized carbons (Fsp3) is 0.812. The highest BCUT2D eigenvalue weighted by Crippen LogP contribution is 2.23. The predicted molar refractivity (Wildman–Crippen MR) is 84.3 cm³/mol. The molecule has 0 aliphatic carbocycles. The van der Waals surface area contributed by atoms with Crippen LogP contribution in [0.1, 0.15) is 64.7 Å². The van der Waals surface area contributed by atoms with Gasteiger partial charge in [0, 0.05) is 32.5 Å². The van der Waals surface area contributed by atoms with Gasteiger partial charge in [-0.2, -0.15) is 4.98 Å². The summed E-state index contributed by atoms with van der Waals surface area (Å²) in [6.45, 7) is 9.65. The summed E-state index contributed by atoms with van der Waals surface area (Å²) in [7, 11) is 0. The van der Waals surface area contributed by atoms with E-state index in [1.54, 1.807) is 6.92 Å². The lowest BCUT2D eigenvalue weighted by Gasteiger charge is -2.39. The van der Waals surface area contributed by atoms with Gasteiger partial charge in [-0.3, -0.25) is 4.79 Å². The van der Waals surface area contributed by atoms with Crippen molar-refractivity contribution in [2.45, 2.75) is 65.5 Å². The second-order valence-electron chi connectivity index (χ2n) is 6.22. The van der Waals surface area contributed by atoms with Crippen molar-refractivity contribution in [2.75, 3.05) is 13.1 Å². The van der Waals surface area contributed by atoms with E-state index in [0.717, 1.165) is 44.6 Å². The Morgan fingerprint density at radius 1 is 1.50 bits per heavy atom. The highest BCUT2D eigenvalue weighted by Gasteiger charge is 2.31. The van der Waals surface area contributed by atoms with Gasteiger partial charge in [-0.25, -0.2) is 0 Å². The number of amides is 1. The largest absolute Gasteiger partial charge is 0.343 e. The number of hydrogen-bond acceptors (Lipinski definition) is 5. The van der Waals surface area contributed by atoms with Crippen molar-refractivity contribution in [2.24, 2.45) is 5.92 Å². The van der Waals surface area contributed by atoms with Crippen molar-refractivity contribution in [1.82, 2.24) is 20.4 Å². The normalized spacial score (nSPS) is 23.5. The van der Waals surface area contributed by atoms with Crippen LogP contribution >= 0.6 is 0 Å². The van der Waals surface area contributed by atoms with Crippen molar-refractivity contribution in [3.05, 3.63) is 11.7 Å². The van der Waals surface area contributed by atoms with Crippen LogP contribution in [-0.2, 0) is 11.2 Å². The molecular weight excluding hydrogens is 280 g/mol. The Bertz CT molecular complexity index is 488. The average molecular weight is 308 g/mol. The minimum absolute atomic E-state index is 0.0426. The first kappa shape index (κ1) is 16.9. The lowest BCUT2D eigenvalue weighted by atomic mass is 9.89. The van der Waals surface area contributed by atoms with Crippen molar-refractivity contribution in [3.63, 3.8) is 0 Å². The third-order valence-electron chi connectivity index (χ3n) is 4.50. The monoisotopic (exact) mass is 308 g/mol. The van der Waals surface area contributed by atoms with Crippen LogP contribution in [0.3, 0.4) is 0 Å². The fourth-order valence-electron chi connectivity index (χ4n) is 3.11. The number of nitrogens with zero attached hydrogens (tertiary/aromatic N) is 3. The number of likely N-dealkylation sites (tertiary alicyclic amines) is 1. The number of aryl methyl sites for hydroxylation is 1. The van der Waals surface area contributed by atoms with Crippen LogP contribution < -0.4 is 5.32 Å². The van der Waals surface area contributed by atoms with E-state index >= 15 is 0 Å². The third kappa shape index (κ3) is 4.06. The first-order chi connectivity index (χ1) is 10.5. The summed E-state index contributed by atoms with van der Waals surface area (Å²) in [6, 6.07) is 0.429. The molecule has 1 fully saturated rings. The summed E-state index contributed by atoms with van der Waals surface area (Å²) in [5.74, 6) is 2.08. The minimum Gasteiger partial charge on any atom is -0.343 e. The topological polar surface area (TPSA) is 71.3 Å². The summed E-state index contributed by atoms with van der Waals surface area (Å²) in [5.41, 5.74) is 0. The van der Waals surface area contributed by atoms with E-state index in [9.17, 15) is 4.79 Å². The van der Waals surface area contributed by atoms with E-state index in [1.807, 2.05) is 4.90 Å². The molecule has 124 valence electrons. The van der Waals surface area contributed by atoms with Gasteiger partial charge in [0.1, 0.15) is 0 Å². The van der Waals surface area contributed by atoms with Gasteiger partial charge in [0.15, 0.2) is 5.82 Å². The molecule has 0 aromatic carbocycles. The second kappa shape index (κ2) is 7.72. The predicted octanol–water partition coefficient (Wildman–Crippen LogP) is 2.32. The number of carbonyl (C=O) groups is 1. The SMILES string of the molecule is CCCc1noc(C(C)NC2CCN(C(C)=O)CC2CC)n1. The summed E-state index contributed by atoms with van der Waals surface area (Å²) >= 11 is 0. The Morgan fingerprint density at radius 3 is 2.91 bits per heavy atom. The van der Waals surface area contributed by atoms with Crippen LogP contribution in [0.4, 0.5) is 0 Å². The van der Waals surface area contributed by atoms with Gasteiger partial charge in [0.25, 0.3) is 0 Å². The molecule has 1 aliphatic heterocycles. The zero-order valence-corrected chi connectivity index (χ0v) is 14.1. The molecule has 1 aromatic heterocycles.